The third-order valence-electron chi connectivity index (χ3n) is 1.74. The Bertz CT molecular complexity index is 231. The molecular formula is C8H14N4. The van der Waals surface area contributed by atoms with Crippen LogP contribution in [-0.4, -0.2) is 23.6 Å². The zero-order chi connectivity index (χ0) is 8.97. The summed E-state index contributed by atoms with van der Waals surface area (Å²) < 4.78 is 0. The van der Waals surface area contributed by atoms with Crippen molar-refractivity contribution in [2.24, 2.45) is 5.73 Å². The Morgan fingerprint density at radius 1 is 1.42 bits per heavy atom. The van der Waals surface area contributed by atoms with E-state index in [1.54, 1.807) is 12.4 Å². The predicted octanol–water partition coefficient (Wildman–Crippen LogP) is 0.391. The normalized spacial score (nSPS) is 9.92. The van der Waals surface area contributed by atoms with E-state index in [0.717, 1.165) is 18.1 Å². The minimum atomic E-state index is 0.496. The first-order chi connectivity index (χ1) is 5.77. The number of hydrogen-bond donors (Lipinski definition) is 1. The summed E-state index contributed by atoms with van der Waals surface area (Å²) in [5.74, 6) is 0.745. The zero-order valence-electron chi connectivity index (χ0n) is 7.49. The molecule has 4 heteroatoms. The van der Waals surface area contributed by atoms with Gasteiger partial charge in [0, 0.05) is 38.1 Å². The molecule has 0 aliphatic rings. The molecule has 66 valence electrons. The summed E-state index contributed by atoms with van der Waals surface area (Å²) in [6.07, 6.45) is 3.52. The molecular weight excluding hydrogens is 152 g/mol. The van der Waals surface area contributed by atoms with E-state index in [-0.39, 0.29) is 0 Å². The predicted molar refractivity (Wildman–Crippen MR) is 48.9 cm³/mol. The molecule has 2 N–H and O–H groups in total. The molecule has 0 aromatic carbocycles. The Labute approximate surface area is 72.4 Å². The van der Waals surface area contributed by atoms with Crippen LogP contribution in [0.25, 0.3) is 0 Å². The molecule has 1 heterocycles. The molecule has 1 aromatic heterocycles. The standard InChI is InChI=1S/C8H14N4/c1-3-12(2)8-10-5-7(4-9)6-11-8/h5-6H,3-4,9H2,1-2H3. The van der Waals surface area contributed by atoms with Gasteiger partial charge in [0.1, 0.15) is 0 Å². The van der Waals surface area contributed by atoms with Crippen molar-refractivity contribution < 1.29 is 0 Å². The lowest BCUT2D eigenvalue weighted by Crippen LogP contribution is -2.18. The SMILES string of the molecule is CCN(C)c1ncc(CN)cn1. The summed E-state index contributed by atoms with van der Waals surface area (Å²) in [7, 11) is 1.96. The van der Waals surface area contributed by atoms with Crippen LogP contribution in [0.15, 0.2) is 12.4 Å². The van der Waals surface area contributed by atoms with Gasteiger partial charge in [-0.25, -0.2) is 9.97 Å². The van der Waals surface area contributed by atoms with Gasteiger partial charge in [0.15, 0.2) is 0 Å². The van der Waals surface area contributed by atoms with Crippen LogP contribution >= 0.6 is 0 Å². The van der Waals surface area contributed by atoms with Crippen molar-refractivity contribution in [1.82, 2.24) is 9.97 Å². The van der Waals surface area contributed by atoms with Crippen LogP contribution in [0.3, 0.4) is 0 Å². The van der Waals surface area contributed by atoms with Gasteiger partial charge in [-0.15, -0.1) is 0 Å². The first-order valence-corrected chi connectivity index (χ1v) is 4.00. The van der Waals surface area contributed by atoms with E-state index in [2.05, 4.69) is 16.9 Å². The molecule has 12 heavy (non-hydrogen) atoms. The first-order valence-electron chi connectivity index (χ1n) is 4.00. The molecule has 0 radical (unpaired) electrons. The Hall–Kier alpha value is -1.16. The maximum atomic E-state index is 5.41. The molecule has 0 aliphatic heterocycles. The lowest BCUT2D eigenvalue weighted by atomic mass is 10.3. The van der Waals surface area contributed by atoms with Crippen molar-refractivity contribution in [2.75, 3.05) is 18.5 Å². The lowest BCUT2D eigenvalue weighted by Gasteiger charge is -2.13. The van der Waals surface area contributed by atoms with Crippen molar-refractivity contribution in [1.29, 1.82) is 0 Å². The van der Waals surface area contributed by atoms with E-state index >= 15 is 0 Å². The largest absolute Gasteiger partial charge is 0.344 e. The highest BCUT2D eigenvalue weighted by Gasteiger charge is 1.99. The molecule has 0 fully saturated rings. The number of anilines is 1. The Morgan fingerprint density at radius 3 is 2.42 bits per heavy atom. The Morgan fingerprint density at radius 2 is 2.00 bits per heavy atom. The van der Waals surface area contributed by atoms with E-state index in [4.69, 9.17) is 5.73 Å². The highest BCUT2D eigenvalue weighted by molar-refractivity contribution is 5.27. The number of rotatable bonds is 3. The molecule has 0 amide bonds. The minimum absolute atomic E-state index is 0.496. The van der Waals surface area contributed by atoms with Crippen LogP contribution in [0.2, 0.25) is 0 Å². The fourth-order valence-corrected chi connectivity index (χ4v) is 0.792. The number of nitrogens with zero attached hydrogens (tertiary/aromatic N) is 3. The second kappa shape index (κ2) is 4.01. The monoisotopic (exact) mass is 166 g/mol. The van der Waals surface area contributed by atoms with Crippen LogP contribution in [0.4, 0.5) is 5.95 Å². The summed E-state index contributed by atoms with van der Waals surface area (Å²) in [6, 6.07) is 0. The molecule has 0 saturated carbocycles. The van der Waals surface area contributed by atoms with Crippen molar-refractivity contribution in [3.8, 4) is 0 Å². The van der Waals surface area contributed by atoms with Gasteiger partial charge in [0.2, 0.25) is 5.95 Å². The van der Waals surface area contributed by atoms with E-state index < -0.39 is 0 Å². The number of nitrogens with two attached hydrogens (primary N) is 1. The molecule has 0 saturated heterocycles. The first kappa shape index (κ1) is 8.93. The van der Waals surface area contributed by atoms with Crippen molar-refractivity contribution >= 4 is 5.95 Å². The maximum Gasteiger partial charge on any atom is 0.224 e. The molecule has 4 nitrogen and oxygen atoms in total. The van der Waals surface area contributed by atoms with Gasteiger partial charge in [-0.05, 0) is 6.92 Å². The van der Waals surface area contributed by atoms with Crippen LogP contribution in [0.1, 0.15) is 12.5 Å². The maximum absolute atomic E-state index is 5.41. The van der Waals surface area contributed by atoms with E-state index in [1.807, 2.05) is 11.9 Å². The van der Waals surface area contributed by atoms with Crippen molar-refractivity contribution in [2.45, 2.75) is 13.5 Å². The van der Waals surface area contributed by atoms with Gasteiger partial charge < -0.3 is 10.6 Å². The van der Waals surface area contributed by atoms with E-state index in [0.29, 0.717) is 6.54 Å². The molecule has 0 atom stereocenters. The minimum Gasteiger partial charge on any atom is -0.344 e. The second-order valence-corrected chi connectivity index (χ2v) is 2.61. The fourth-order valence-electron chi connectivity index (χ4n) is 0.792. The third kappa shape index (κ3) is 1.92. The van der Waals surface area contributed by atoms with Crippen LogP contribution in [-0.2, 0) is 6.54 Å². The Kier molecular flexibility index (Phi) is 2.99. The second-order valence-electron chi connectivity index (χ2n) is 2.61. The fraction of sp³-hybridized carbons (Fsp3) is 0.500. The summed E-state index contributed by atoms with van der Waals surface area (Å²) in [4.78, 5) is 10.3. The van der Waals surface area contributed by atoms with Gasteiger partial charge in [0.05, 0.1) is 0 Å². The molecule has 0 unspecified atom stereocenters. The van der Waals surface area contributed by atoms with Crippen LogP contribution in [0.5, 0.6) is 0 Å². The topological polar surface area (TPSA) is 55.0 Å². The van der Waals surface area contributed by atoms with Crippen LogP contribution < -0.4 is 10.6 Å². The lowest BCUT2D eigenvalue weighted by molar-refractivity contribution is 0.888. The van der Waals surface area contributed by atoms with Gasteiger partial charge >= 0.3 is 0 Å². The highest BCUT2D eigenvalue weighted by Crippen LogP contribution is 2.03. The third-order valence-corrected chi connectivity index (χ3v) is 1.74. The number of hydrogen-bond acceptors (Lipinski definition) is 4. The molecule has 0 aliphatic carbocycles. The average molecular weight is 166 g/mol. The average Bonchev–Trinajstić information content (AvgIpc) is 2.17. The molecule has 0 spiro atoms. The van der Waals surface area contributed by atoms with Crippen LogP contribution in [0, 0.1) is 0 Å². The zero-order valence-corrected chi connectivity index (χ0v) is 7.49. The summed E-state index contributed by atoms with van der Waals surface area (Å²) >= 11 is 0. The highest BCUT2D eigenvalue weighted by atomic mass is 15.2. The van der Waals surface area contributed by atoms with Gasteiger partial charge in [-0.1, -0.05) is 0 Å². The molecule has 0 bridgehead atoms. The van der Waals surface area contributed by atoms with Gasteiger partial charge in [-0.3, -0.25) is 0 Å². The van der Waals surface area contributed by atoms with Crippen molar-refractivity contribution in [3.05, 3.63) is 18.0 Å². The number of aromatic nitrogens is 2. The smallest absolute Gasteiger partial charge is 0.224 e. The van der Waals surface area contributed by atoms with Gasteiger partial charge in [-0.2, -0.15) is 0 Å². The molecule has 1 rings (SSSR count). The van der Waals surface area contributed by atoms with E-state index in [9.17, 15) is 0 Å². The summed E-state index contributed by atoms with van der Waals surface area (Å²) in [5.41, 5.74) is 6.38. The summed E-state index contributed by atoms with van der Waals surface area (Å²) in [6.45, 7) is 3.46. The van der Waals surface area contributed by atoms with Gasteiger partial charge in [0.25, 0.3) is 0 Å². The summed E-state index contributed by atoms with van der Waals surface area (Å²) in [5, 5.41) is 0. The molecule has 1 aromatic rings. The van der Waals surface area contributed by atoms with E-state index in [1.165, 1.54) is 0 Å². The Balaban J connectivity index is 2.77. The van der Waals surface area contributed by atoms with Crippen molar-refractivity contribution in [3.63, 3.8) is 0 Å². The quantitative estimate of drug-likeness (QED) is 0.705.